The van der Waals surface area contributed by atoms with Gasteiger partial charge in [-0.05, 0) is 54.1 Å². The summed E-state index contributed by atoms with van der Waals surface area (Å²) in [6, 6.07) is 16.1. The Morgan fingerprint density at radius 3 is 2.55 bits per heavy atom. The van der Waals surface area contributed by atoms with Gasteiger partial charge in [-0.15, -0.1) is 5.10 Å². The number of rotatable bonds is 5. The third-order valence-corrected chi connectivity index (χ3v) is 6.14. The van der Waals surface area contributed by atoms with Crippen LogP contribution in [0.2, 0.25) is 5.15 Å². The molecule has 10 nitrogen and oxygen atoms in total. The number of imide groups is 1. The highest BCUT2D eigenvalue weighted by Crippen LogP contribution is 2.33. The molecule has 3 amide bonds. The van der Waals surface area contributed by atoms with E-state index in [2.05, 4.69) is 25.9 Å². The molecule has 1 atom stereocenters. The van der Waals surface area contributed by atoms with Gasteiger partial charge in [0, 0.05) is 5.56 Å². The number of benzene rings is 2. The lowest BCUT2D eigenvalue weighted by atomic mass is 9.91. The normalized spacial score (nSPS) is 18.1. The second-order valence-corrected chi connectivity index (χ2v) is 8.21. The van der Waals surface area contributed by atoms with Crippen LogP contribution < -0.4 is 5.32 Å². The fourth-order valence-corrected chi connectivity index (χ4v) is 4.22. The van der Waals surface area contributed by atoms with E-state index in [1.165, 1.54) is 11.0 Å². The van der Waals surface area contributed by atoms with Gasteiger partial charge in [-0.2, -0.15) is 5.10 Å². The first kappa shape index (κ1) is 20.8. The van der Waals surface area contributed by atoms with Gasteiger partial charge in [-0.25, -0.2) is 14.2 Å². The van der Waals surface area contributed by atoms with Crippen LogP contribution in [-0.2, 0) is 16.9 Å². The number of nitrogens with one attached hydrogen (secondary N) is 1. The van der Waals surface area contributed by atoms with Gasteiger partial charge in [0.2, 0.25) is 0 Å². The number of aromatic nitrogens is 6. The molecule has 0 aliphatic carbocycles. The number of tetrazole rings is 1. The van der Waals surface area contributed by atoms with Crippen LogP contribution in [0.3, 0.4) is 0 Å². The number of amides is 3. The lowest BCUT2D eigenvalue weighted by Gasteiger charge is -2.22. The second kappa shape index (κ2) is 7.82. The molecule has 5 rings (SSSR count). The van der Waals surface area contributed by atoms with Crippen molar-refractivity contribution in [2.24, 2.45) is 0 Å². The van der Waals surface area contributed by atoms with E-state index in [0.29, 0.717) is 27.7 Å². The fourth-order valence-electron chi connectivity index (χ4n) is 3.88. The maximum atomic E-state index is 13.5. The van der Waals surface area contributed by atoms with Gasteiger partial charge >= 0.3 is 6.03 Å². The van der Waals surface area contributed by atoms with Crippen molar-refractivity contribution in [1.82, 2.24) is 40.2 Å². The van der Waals surface area contributed by atoms with Crippen molar-refractivity contribution in [1.29, 1.82) is 0 Å². The third-order valence-electron chi connectivity index (χ3n) is 5.75. The second-order valence-electron chi connectivity index (χ2n) is 7.85. The van der Waals surface area contributed by atoms with Gasteiger partial charge in [-0.3, -0.25) is 9.69 Å². The number of nitrogens with zero attached hydrogens (tertiary/aromatic N) is 7. The Balaban J connectivity index is 1.46. The van der Waals surface area contributed by atoms with Crippen molar-refractivity contribution >= 4 is 23.5 Å². The van der Waals surface area contributed by atoms with Crippen LogP contribution in [-0.4, -0.2) is 46.8 Å². The van der Waals surface area contributed by atoms with E-state index in [1.54, 1.807) is 36.7 Å². The molecule has 1 fully saturated rings. The summed E-state index contributed by atoms with van der Waals surface area (Å²) in [4.78, 5) is 27.5. The summed E-state index contributed by atoms with van der Waals surface area (Å²) >= 11 is 6.61. The Bertz CT molecular complexity index is 1350. The van der Waals surface area contributed by atoms with Crippen LogP contribution in [0.4, 0.5) is 4.79 Å². The predicted molar refractivity (Wildman–Crippen MR) is 119 cm³/mol. The largest absolute Gasteiger partial charge is 0.325 e. The summed E-state index contributed by atoms with van der Waals surface area (Å²) in [5.41, 5.74) is 2.06. The molecular formula is C22H19ClN8O2. The molecule has 1 aliphatic rings. The van der Waals surface area contributed by atoms with Gasteiger partial charge in [0.25, 0.3) is 5.91 Å². The number of carbonyl (C=O) groups excluding carboxylic acids is 2. The number of hydrogen-bond acceptors (Lipinski definition) is 6. The van der Waals surface area contributed by atoms with E-state index >= 15 is 0 Å². The van der Waals surface area contributed by atoms with Gasteiger partial charge in [0.05, 0.1) is 23.6 Å². The molecule has 2 aromatic heterocycles. The summed E-state index contributed by atoms with van der Waals surface area (Å²) in [5, 5.41) is 18.8. The van der Waals surface area contributed by atoms with E-state index in [0.717, 1.165) is 10.6 Å². The van der Waals surface area contributed by atoms with E-state index in [4.69, 9.17) is 11.6 Å². The number of aryl methyl sites for hydroxylation is 1. The first-order chi connectivity index (χ1) is 15.9. The number of hydrogen-bond donors (Lipinski definition) is 1. The van der Waals surface area contributed by atoms with Crippen molar-refractivity contribution in [3.05, 3.63) is 82.9 Å². The van der Waals surface area contributed by atoms with Gasteiger partial charge in [0.1, 0.15) is 17.0 Å². The smallest absolute Gasteiger partial charge is 0.319 e. The van der Waals surface area contributed by atoms with Gasteiger partial charge < -0.3 is 5.32 Å². The highest BCUT2D eigenvalue weighted by molar-refractivity contribution is 6.30. The monoisotopic (exact) mass is 462 g/mol. The number of urea groups is 1. The van der Waals surface area contributed by atoms with Crippen LogP contribution in [0.1, 0.15) is 23.7 Å². The number of halogens is 1. The van der Waals surface area contributed by atoms with Crippen LogP contribution in [0.5, 0.6) is 0 Å². The topological polar surface area (TPSA) is 111 Å². The SMILES string of the molecule is Cc1nn(-c2ccccc2)c(Cl)c1CN1C(=O)N[C@@](C)(c2cccc(-n3cnnn3)c2)C1=O. The average Bonchev–Trinajstić information content (AvgIpc) is 3.51. The highest BCUT2D eigenvalue weighted by Gasteiger charge is 2.49. The predicted octanol–water partition coefficient (Wildman–Crippen LogP) is 2.78. The Morgan fingerprint density at radius 2 is 1.82 bits per heavy atom. The third kappa shape index (κ3) is 3.44. The standard InChI is InChI=1S/C22H19ClN8O2/c1-14-18(19(23)31(26-14)16-8-4-3-5-9-16)12-29-20(32)22(2,25-21(29)33)15-7-6-10-17(11-15)30-13-24-27-28-30/h3-11,13H,12H2,1-2H3,(H,25,33)/t22-/m0/s1. The minimum Gasteiger partial charge on any atom is -0.319 e. The molecule has 0 unspecified atom stereocenters. The molecule has 0 spiro atoms. The molecule has 166 valence electrons. The van der Waals surface area contributed by atoms with E-state index in [9.17, 15) is 9.59 Å². The van der Waals surface area contributed by atoms with Crippen molar-refractivity contribution in [2.45, 2.75) is 25.9 Å². The zero-order valence-electron chi connectivity index (χ0n) is 17.8. The maximum absolute atomic E-state index is 13.5. The Morgan fingerprint density at radius 1 is 1.06 bits per heavy atom. The van der Waals surface area contributed by atoms with Crippen LogP contribution in [0.15, 0.2) is 60.9 Å². The maximum Gasteiger partial charge on any atom is 0.325 e. The van der Waals surface area contributed by atoms with Crippen molar-refractivity contribution in [3.63, 3.8) is 0 Å². The Hall–Kier alpha value is -4.05. The fraction of sp³-hybridized carbons (Fsp3) is 0.182. The first-order valence-electron chi connectivity index (χ1n) is 10.2. The lowest BCUT2D eigenvalue weighted by molar-refractivity contribution is -0.131. The van der Waals surface area contributed by atoms with E-state index in [1.807, 2.05) is 36.4 Å². The lowest BCUT2D eigenvalue weighted by Crippen LogP contribution is -2.40. The zero-order valence-corrected chi connectivity index (χ0v) is 18.6. The molecule has 1 N–H and O–H groups in total. The molecule has 2 aromatic carbocycles. The summed E-state index contributed by atoms with van der Waals surface area (Å²) in [6.07, 6.45) is 1.46. The molecule has 0 saturated carbocycles. The first-order valence-corrected chi connectivity index (χ1v) is 10.5. The summed E-state index contributed by atoms with van der Waals surface area (Å²) in [6.45, 7) is 3.48. The van der Waals surface area contributed by atoms with Gasteiger partial charge in [-0.1, -0.05) is 41.9 Å². The summed E-state index contributed by atoms with van der Waals surface area (Å²) in [5.74, 6) is -0.385. The highest BCUT2D eigenvalue weighted by atomic mass is 35.5. The van der Waals surface area contributed by atoms with E-state index in [-0.39, 0.29) is 12.5 Å². The molecule has 1 aliphatic heterocycles. The van der Waals surface area contributed by atoms with Crippen molar-refractivity contribution < 1.29 is 9.59 Å². The molecule has 11 heteroatoms. The Labute approximate surface area is 193 Å². The average molecular weight is 463 g/mol. The molecule has 3 heterocycles. The molecular weight excluding hydrogens is 444 g/mol. The van der Waals surface area contributed by atoms with Crippen LogP contribution in [0, 0.1) is 6.92 Å². The van der Waals surface area contributed by atoms with Crippen molar-refractivity contribution in [3.8, 4) is 11.4 Å². The molecule has 33 heavy (non-hydrogen) atoms. The number of carbonyl (C=O) groups is 2. The summed E-state index contributed by atoms with van der Waals surface area (Å²) in [7, 11) is 0. The summed E-state index contributed by atoms with van der Waals surface area (Å²) < 4.78 is 3.08. The van der Waals surface area contributed by atoms with Crippen molar-refractivity contribution in [2.75, 3.05) is 0 Å². The van der Waals surface area contributed by atoms with Crippen LogP contribution >= 0.6 is 11.6 Å². The Kier molecular flexibility index (Phi) is 4.94. The molecule has 1 saturated heterocycles. The van der Waals surface area contributed by atoms with Gasteiger partial charge in [0.15, 0.2) is 0 Å². The molecule has 4 aromatic rings. The zero-order chi connectivity index (χ0) is 23.2. The molecule has 0 bridgehead atoms. The van der Waals surface area contributed by atoms with E-state index < -0.39 is 11.6 Å². The number of para-hydroxylation sites is 1. The quantitative estimate of drug-likeness (QED) is 0.456. The molecule has 0 radical (unpaired) electrons. The van der Waals surface area contributed by atoms with Crippen LogP contribution in [0.25, 0.3) is 11.4 Å². The minimum absolute atomic E-state index is 0.00441. The minimum atomic E-state index is -1.25.